The smallest absolute Gasteiger partial charge is 0.125 e. The molecule has 0 unspecified atom stereocenters. The molecule has 0 fully saturated rings. The molecule has 4 heteroatoms. The second-order valence-corrected chi connectivity index (χ2v) is 6.31. The summed E-state index contributed by atoms with van der Waals surface area (Å²) in [4.78, 5) is 0. The third-order valence-corrected chi connectivity index (χ3v) is 4.22. The van der Waals surface area contributed by atoms with Gasteiger partial charge in [0.15, 0.2) is 0 Å². The Bertz CT molecular complexity index is 603. The molecule has 2 rings (SSSR count). The molecule has 0 amide bonds. The van der Waals surface area contributed by atoms with Gasteiger partial charge in [0.1, 0.15) is 12.4 Å². The lowest BCUT2D eigenvalue weighted by molar-refractivity contribution is 0.302. The molecular weight excluding hydrogens is 359 g/mol. The fraction of sp³-hybridized carbons (Fsp3) is 0.250. The van der Waals surface area contributed by atoms with Crippen molar-refractivity contribution >= 4 is 39.1 Å². The Balaban J connectivity index is 2.19. The molecule has 0 spiro atoms. The predicted octanol–water partition coefficient (Wildman–Crippen LogP) is 6.04. The third-order valence-electron chi connectivity index (χ3n) is 3.06. The van der Waals surface area contributed by atoms with Gasteiger partial charge >= 0.3 is 0 Å². The van der Waals surface area contributed by atoms with Crippen LogP contribution in [-0.2, 0) is 12.5 Å². The van der Waals surface area contributed by atoms with Crippen LogP contribution in [0.2, 0.25) is 5.02 Å². The third kappa shape index (κ3) is 3.69. The van der Waals surface area contributed by atoms with Crippen molar-refractivity contribution in [3.63, 3.8) is 0 Å². The predicted molar refractivity (Wildman–Crippen MR) is 89.0 cm³/mol. The van der Waals surface area contributed by atoms with Crippen molar-refractivity contribution in [2.75, 3.05) is 0 Å². The SMILES string of the molecule is Cc1cc(CCl)cc(C)c1OCc1ccc(Br)cc1Cl. The van der Waals surface area contributed by atoms with Crippen molar-refractivity contribution in [2.24, 2.45) is 0 Å². The average molecular weight is 374 g/mol. The van der Waals surface area contributed by atoms with Gasteiger partial charge < -0.3 is 4.74 Å². The molecule has 2 aromatic rings. The van der Waals surface area contributed by atoms with Gasteiger partial charge in [-0.1, -0.05) is 45.7 Å². The van der Waals surface area contributed by atoms with Crippen LogP contribution in [0.4, 0.5) is 0 Å². The van der Waals surface area contributed by atoms with Crippen LogP contribution in [0.3, 0.4) is 0 Å². The number of alkyl halides is 1. The highest BCUT2D eigenvalue weighted by Gasteiger charge is 2.08. The zero-order valence-corrected chi connectivity index (χ0v) is 14.4. The van der Waals surface area contributed by atoms with Crippen LogP contribution in [0, 0.1) is 13.8 Å². The Labute approximate surface area is 138 Å². The molecule has 0 aliphatic heterocycles. The van der Waals surface area contributed by atoms with Gasteiger partial charge in [0.05, 0.1) is 0 Å². The quantitative estimate of drug-likeness (QED) is 0.594. The summed E-state index contributed by atoms with van der Waals surface area (Å²) in [6, 6.07) is 9.90. The van der Waals surface area contributed by atoms with Crippen molar-refractivity contribution in [1.82, 2.24) is 0 Å². The highest BCUT2D eigenvalue weighted by molar-refractivity contribution is 9.10. The van der Waals surface area contributed by atoms with E-state index < -0.39 is 0 Å². The molecule has 1 nitrogen and oxygen atoms in total. The minimum atomic E-state index is 0.452. The van der Waals surface area contributed by atoms with Crippen LogP contribution in [0.1, 0.15) is 22.3 Å². The summed E-state index contributed by atoms with van der Waals surface area (Å²) in [5.74, 6) is 1.42. The Morgan fingerprint density at radius 1 is 1.10 bits per heavy atom. The molecule has 106 valence electrons. The minimum absolute atomic E-state index is 0.452. The fourth-order valence-corrected chi connectivity index (χ4v) is 3.02. The first-order valence-corrected chi connectivity index (χ1v) is 7.94. The maximum atomic E-state index is 6.20. The molecular formula is C16H15BrCl2O. The van der Waals surface area contributed by atoms with Crippen LogP contribution >= 0.6 is 39.1 Å². The second kappa shape index (κ2) is 6.84. The lowest BCUT2D eigenvalue weighted by atomic mass is 10.1. The van der Waals surface area contributed by atoms with E-state index in [1.165, 1.54) is 0 Å². The zero-order chi connectivity index (χ0) is 14.7. The molecule has 0 aliphatic rings. The zero-order valence-electron chi connectivity index (χ0n) is 11.3. The number of rotatable bonds is 4. The molecule has 0 bridgehead atoms. The highest BCUT2D eigenvalue weighted by atomic mass is 79.9. The average Bonchev–Trinajstić information content (AvgIpc) is 2.39. The highest BCUT2D eigenvalue weighted by Crippen LogP contribution is 2.28. The van der Waals surface area contributed by atoms with E-state index in [1.807, 2.05) is 32.0 Å². The van der Waals surface area contributed by atoms with E-state index in [2.05, 4.69) is 28.1 Å². The van der Waals surface area contributed by atoms with Crippen LogP contribution in [0.5, 0.6) is 5.75 Å². The molecule has 0 N–H and O–H groups in total. The largest absolute Gasteiger partial charge is 0.488 e. The molecule has 0 atom stereocenters. The van der Waals surface area contributed by atoms with E-state index >= 15 is 0 Å². The van der Waals surface area contributed by atoms with Crippen LogP contribution in [-0.4, -0.2) is 0 Å². The van der Waals surface area contributed by atoms with E-state index in [0.717, 1.165) is 32.5 Å². The molecule has 20 heavy (non-hydrogen) atoms. The second-order valence-electron chi connectivity index (χ2n) is 4.72. The van der Waals surface area contributed by atoms with E-state index in [4.69, 9.17) is 27.9 Å². The number of halogens is 3. The number of benzene rings is 2. The molecule has 0 aliphatic carbocycles. The molecule has 0 saturated carbocycles. The number of ether oxygens (including phenoxy) is 1. The van der Waals surface area contributed by atoms with Crippen molar-refractivity contribution in [3.8, 4) is 5.75 Å². The van der Waals surface area contributed by atoms with E-state index in [9.17, 15) is 0 Å². The Hall–Kier alpha value is -0.700. The summed E-state index contributed by atoms with van der Waals surface area (Å²) in [6.07, 6.45) is 0. The maximum Gasteiger partial charge on any atom is 0.125 e. The topological polar surface area (TPSA) is 9.23 Å². The van der Waals surface area contributed by atoms with Crippen molar-refractivity contribution in [2.45, 2.75) is 26.3 Å². The lowest BCUT2D eigenvalue weighted by Gasteiger charge is -2.14. The first-order chi connectivity index (χ1) is 9.51. The van der Waals surface area contributed by atoms with E-state index in [1.54, 1.807) is 0 Å². The first-order valence-electron chi connectivity index (χ1n) is 6.24. The van der Waals surface area contributed by atoms with Gasteiger partial charge in [0.25, 0.3) is 0 Å². The minimum Gasteiger partial charge on any atom is -0.488 e. The van der Waals surface area contributed by atoms with Gasteiger partial charge in [-0.25, -0.2) is 0 Å². The normalized spacial score (nSPS) is 10.7. The van der Waals surface area contributed by atoms with Gasteiger partial charge in [-0.2, -0.15) is 0 Å². The van der Waals surface area contributed by atoms with Gasteiger partial charge in [-0.05, 0) is 42.7 Å². The number of hydrogen-bond donors (Lipinski definition) is 0. The Kier molecular flexibility index (Phi) is 5.36. The molecule has 0 saturated heterocycles. The number of aryl methyl sites for hydroxylation is 2. The Morgan fingerprint density at radius 3 is 2.30 bits per heavy atom. The number of hydrogen-bond acceptors (Lipinski definition) is 1. The molecule has 2 aromatic carbocycles. The van der Waals surface area contributed by atoms with Gasteiger partial charge in [0, 0.05) is 20.9 Å². The van der Waals surface area contributed by atoms with Crippen molar-refractivity contribution in [3.05, 3.63) is 62.1 Å². The summed E-state index contributed by atoms with van der Waals surface area (Å²) >= 11 is 15.5. The first kappa shape index (κ1) is 15.7. The molecule has 0 aromatic heterocycles. The summed E-state index contributed by atoms with van der Waals surface area (Å²) < 4.78 is 6.89. The summed E-state index contributed by atoms with van der Waals surface area (Å²) in [5, 5.41) is 0.701. The van der Waals surface area contributed by atoms with Crippen molar-refractivity contribution < 1.29 is 4.74 Å². The van der Waals surface area contributed by atoms with E-state index in [0.29, 0.717) is 17.5 Å². The summed E-state index contributed by atoms with van der Waals surface area (Å²) in [7, 11) is 0. The van der Waals surface area contributed by atoms with Crippen LogP contribution < -0.4 is 4.74 Å². The fourth-order valence-electron chi connectivity index (χ4n) is 2.13. The van der Waals surface area contributed by atoms with E-state index in [-0.39, 0.29) is 0 Å². The van der Waals surface area contributed by atoms with Gasteiger partial charge in [0.2, 0.25) is 0 Å². The van der Waals surface area contributed by atoms with Gasteiger partial charge in [-0.15, -0.1) is 11.6 Å². The standard InChI is InChI=1S/C16H15BrCl2O/c1-10-5-12(8-18)6-11(2)16(10)20-9-13-3-4-14(17)7-15(13)19/h3-7H,8-9H2,1-2H3. The monoisotopic (exact) mass is 372 g/mol. The van der Waals surface area contributed by atoms with Crippen molar-refractivity contribution in [1.29, 1.82) is 0 Å². The summed E-state index contributed by atoms with van der Waals surface area (Å²) in [5.41, 5.74) is 4.26. The molecule has 0 radical (unpaired) electrons. The van der Waals surface area contributed by atoms with Crippen LogP contribution in [0.15, 0.2) is 34.8 Å². The Morgan fingerprint density at radius 2 is 1.75 bits per heavy atom. The maximum absolute atomic E-state index is 6.20. The van der Waals surface area contributed by atoms with Gasteiger partial charge in [-0.3, -0.25) is 0 Å². The lowest BCUT2D eigenvalue weighted by Crippen LogP contribution is -2.00. The summed E-state index contributed by atoms with van der Waals surface area (Å²) in [6.45, 7) is 4.51. The van der Waals surface area contributed by atoms with Crippen LogP contribution in [0.25, 0.3) is 0 Å². The molecule has 0 heterocycles.